The molecule has 12 nitrogen and oxygen atoms in total. The Morgan fingerprint density at radius 2 is 0.939 bits per heavy atom. The lowest BCUT2D eigenvalue weighted by Gasteiger charge is -2.26. The van der Waals surface area contributed by atoms with E-state index in [1.165, 1.54) is 0 Å². The topological polar surface area (TPSA) is 158 Å². The molecule has 0 aliphatic heterocycles. The zero-order chi connectivity index (χ0) is 35.6. The predicted molar refractivity (Wildman–Crippen MR) is 176 cm³/mol. The third kappa shape index (κ3) is 13.5. The first-order chi connectivity index (χ1) is 23.6. The number of hydrogen-bond acceptors (Lipinski definition) is 12. The van der Waals surface area contributed by atoms with Gasteiger partial charge in [-0.15, -0.1) is 0 Å². The van der Waals surface area contributed by atoms with Crippen LogP contribution in [0.1, 0.15) is 82.6 Å². The molecule has 12 heteroatoms. The molecular formula is C37H48O12. The minimum absolute atomic E-state index is 0.244. The zero-order valence-electron chi connectivity index (χ0n) is 28.3. The van der Waals surface area contributed by atoms with Crippen LogP contribution in [0.2, 0.25) is 0 Å². The van der Waals surface area contributed by atoms with Crippen LogP contribution in [-0.4, -0.2) is 62.2 Å². The molecule has 0 spiro atoms. The normalized spacial score (nSPS) is 20.2. The maximum atomic E-state index is 12.9. The molecule has 1 aromatic carbocycles. The van der Waals surface area contributed by atoms with Crippen molar-refractivity contribution < 1.29 is 57.2 Å². The van der Waals surface area contributed by atoms with Crippen LogP contribution in [0.15, 0.2) is 43.5 Å². The third-order valence-electron chi connectivity index (χ3n) is 8.75. The molecule has 0 unspecified atom stereocenters. The van der Waals surface area contributed by atoms with Gasteiger partial charge in [0.1, 0.15) is 11.5 Å². The van der Waals surface area contributed by atoms with Crippen LogP contribution in [0.4, 0.5) is 0 Å². The molecule has 0 heterocycles. The Balaban J connectivity index is 1.32. The fourth-order valence-electron chi connectivity index (χ4n) is 5.77. The SMILES string of the molecule is C=CC(=O)OCCCCOC(=O)C1CCC(C(=O)Oc2ccc(OC(=O)C3CCC(C(=O)OCCCCOC(=O)C=C)CC3)c(C)c2)CC1. The number of carbonyl (C=O) groups excluding carboxylic acids is 6. The van der Waals surface area contributed by atoms with Gasteiger partial charge in [0.2, 0.25) is 0 Å². The van der Waals surface area contributed by atoms with E-state index in [4.69, 9.17) is 28.4 Å². The fraction of sp³-hybridized carbons (Fsp3) is 0.568. The Bertz CT molecular complexity index is 1320. The summed E-state index contributed by atoms with van der Waals surface area (Å²) in [4.78, 5) is 72.7. The van der Waals surface area contributed by atoms with Crippen molar-refractivity contribution in [1.82, 2.24) is 0 Å². The molecule has 0 amide bonds. The van der Waals surface area contributed by atoms with Crippen LogP contribution >= 0.6 is 0 Å². The minimum Gasteiger partial charge on any atom is -0.465 e. The van der Waals surface area contributed by atoms with E-state index in [0.717, 1.165) is 12.2 Å². The molecule has 0 bridgehead atoms. The van der Waals surface area contributed by atoms with Crippen LogP contribution in [0.5, 0.6) is 11.5 Å². The smallest absolute Gasteiger partial charge is 0.330 e. The number of esters is 6. The summed E-state index contributed by atoms with van der Waals surface area (Å²) in [5, 5.41) is 0. The summed E-state index contributed by atoms with van der Waals surface area (Å²) in [6.07, 6.45) is 8.70. The van der Waals surface area contributed by atoms with E-state index in [2.05, 4.69) is 13.2 Å². The van der Waals surface area contributed by atoms with Crippen molar-refractivity contribution in [3.05, 3.63) is 49.1 Å². The minimum atomic E-state index is -0.481. The van der Waals surface area contributed by atoms with E-state index in [9.17, 15) is 28.8 Å². The lowest BCUT2D eigenvalue weighted by molar-refractivity contribution is -0.152. The highest BCUT2D eigenvalue weighted by Gasteiger charge is 2.33. The van der Waals surface area contributed by atoms with Crippen LogP contribution < -0.4 is 9.47 Å². The van der Waals surface area contributed by atoms with E-state index in [0.29, 0.717) is 94.1 Å². The van der Waals surface area contributed by atoms with E-state index in [-0.39, 0.29) is 74.0 Å². The summed E-state index contributed by atoms with van der Waals surface area (Å²) in [5.74, 6) is -2.71. The van der Waals surface area contributed by atoms with Crippen molar-refractivity contribution in [3.8, 4) is 11.5 Å². The predicted octanol–water partition coefficient (Wildman–Crippen LogP) is 5.52. The van der Waals surface area contributed by atoms with Gasteiger partial charge in [0.25, 0.3) is 0 Å². The molecule has 2 saturated carbocycles. The summed E-state index contributed by atoms with van der Waals surface area (Å²) in [5.41, 5.74) is 0.639. The molecule has 268 valence electrons. The van der Waals surface area contributed by atoms with Crippen molar-refractivity contribution in [1.29, 1.82) is 0 Å². The molecule has 0 N–H and O–H groups in total. The first-order valence-corrected chi connectivity index (χ1v) is 17.1. The summed E-state index contributed by atoms with van der Waals surface area (Å²) in [7, 11) is 0. The largest absolute Gasteiger partial charge is 0.465 e. The van der Waals surface area contributed by atoms with Crippen LogP contribution in [-0.2, 0) is 47.7 Å². The molecule has 2 aliphatic rings. The summed E-state index contributed by atoms with van der Waals surface area (Å²) >= 11 is 0. The Morgan fingerprint density at radius 1 is 0.571 bits per heavy atom. The van der Waals surface area contributed by atoms with Crippen LogP contribution in [0, 0.1) is 30.6 Å². The number of aryl methyl sites for hydroxylation is 1. The Labute approximate surface area is 287 Å². The lowest BCUT2D eigenvalue weighted by Crippen LogP contribution is -2.30. The molecule has 2 aliphatic carbocycles. The Morgan fingerprint density at radius 3 is 1.33 bits per heavy atom. The highest BCUT2D eigenvalue weighted by Crippen LogP contribution is 2.34. The van der Waals surface area contributed by atoms with E-state index >= 15 is 0 Å². The van der Waals surface area contributed by atoms with Crippen LogP contribution in [0.3, 0.4) is 0 Å². The second-order valence-electron chi connectivity index (χ2n) is 12.4. The standard InChI is InChI=1S/C37H48O12/c1-4-32(38)44-20-6-8-22-46-34(40)26-10-14-28(15-11-26)36(42)48-30-18-19-31(25(3)24-30)49-37(43)29-16-12-27(13-17-29)35(41)47-23-9-7-21-45-33(39)5-2/h4-5,18-19,24,26-29H,1-2,6-17,20-23H2,3H3. The second-order valence-corrected chi connectivity index (χ2v) is 12.4. The van der Waals surface area contributed by atoms with Gasteiger partial charge in [-0.25, -0.2) is 9.59 Å². The maximum absolute atomic E-state index is 12.9. The van der Waals surface area contributed by atoms with Gasteiger partial charge < -0.3 is 28.4 Å². The molecule has 1 aromatic rings. The molecule has 49 heavy (non-hydrogen) atoms. The Kier molecular flexibility index (Phi) is 16.5. The van der Waals surface area contributed by atoms with E-state index in [1.54, 1.807) is 25.1 Å². The van der Waals surface area contributed by atoms with Crippen molar-refractivity contribution in [2.75, 3.05) is 26.4 Å². The number of unbranched alkanes of at least 4 members (excludes halogenated alkanes) is 2. The third-order valence-corrected chi connectivity index (χ3v) is 8.75. The van der Waals surface area contributed by atoms with Gasteiger partial charge in [-0.3, -0.25) is 19.2 Å². The first-order valence-electron chi connectivity index (χ1n) is 17.1. The highest BCUT2D eigenvalue weighted by molar-refractivity contribution is 5.81. The average molecular weight is 685 g/mol. The van der Waals surface area contributed by atoms with Crippen LogP contribution in [0.25, 0.3) is 0 Å². The summed E-state index contributed by atoms with van der Waals surface area (Å²) in [6.45, 7) is 9.40. The van der Waals surface area contributed by atoms with Gasteiger partial charge >= 0.3 is 35.8 Å². The van der Waals surface area contributed by atoms with Gasteiger partial charge in [0.05, 0.1) is 50.1 Å². The molecule has 0 radical (unpaired) electrons. The summed E-state index contributed by atoms with van der Waals surface area (Å²) in [6, 6.07) is 4.84. The zero-order valence-corrected chi connectivity index (χ0v) is 28.3. The lowest BCUT2D eigenvalue weighted by atomic mass is 9.82. The maximum Gasteiger partial charge on any atom is 0.330 e. The molecule has 0 atom stereocenters. The quantitative estimate of drug-likeness (QED) is 0.0628. The van der Waals surface area contributed by atoms with Crippen molar-refractivity contribution in [2.45, 2.75) is 84.0 Å². The molecular weight excluding hydrogens is 636 g/mol. The second kappa shape index (κ2) is 20.8. The van der Waals surface area contributed by atoms with Gasteiger partial charge in [0.15, 0.2) is 0 Å². The van der Waals surface area contributed by atoms with E-state index < -0.39 is 11.9 Å². The monoisotopic (exact) mass is 684 g/mol. The number of hydrogen-bond donors (Lipinski definition) is 0. The van der Waals surface area contributed by atoms with Gasteiger partial charge in [-0.1, -0.05) is 13.2 Å². The highest BCUT2D eigenvalue weighted by atomic mass is 16.6. The molecule has 0 aromatic heterocycles. The molecule has 2 fully saturated rings. The van der Waals surface area contributed by atoms with Gasteiger partial charge in [0, 0.05) is 12.2 Å². The van der Waals surface area contributed by atoms with Gasteiger partial charge in [-0.2, -0.15) is 0 Å². The number of rotatable bonds is 18. The van der Waals surface area contributed by atoms with Gasteiger partial charge in [-0.05, 0) is 108 Å². The number of ether oxygens (including phenoxy) is 6. The molecule has 3 rings (SSSR count). The van der Waals surface area contributed by atoms with Crippen molar-refractivity contribution in [2.24, 2.45) is 23.7 Å². The first kappa shape index (κ1) is 39.0. The Hall–Kier alpha value is -4.48. The molecule has 0 saturated heterocycles. The summed E-state index contributed by atoms with van der Waals surface area (Å²) < 4.78 is 31.8. The van der Waals surface area contributed by atoms with Crippen molar-refractivity contribution in [3.63, 3.8) is 0 Å². The number of benzene rings is 1. The van der Waals surface area contributed by atoms with E-state index in [1.807, 2.05) is 0 Å². The number of carbonyl (C=O) groups is 6. The van der Waals surface area contributed by atoms with Crippen molar-refractivity contribution >= 4 is 35.8 Å². The fourth-order valence-corrected chi connectivity index (χ4v) is 5.77. The average Bonchev–Trinajstić information content (AvgIpc) is 3.11.